The molecule has 1 N–H and O–H groups in total. The fourth-order valence-corrected chi connectivity index (χ4v) is 3.36. The minimum atomic E-state index is -0.151. The quantitative estimate of drug-likeness (QED) is 0.798. The molecule has 1 amide bonds. The van der Waals surface area contributed by atoms with Crippen molar-refractivity contribution in [1.82, 2.24) is 9.80 Å². The van der Waals surface area contributed by atoms with E-state index in [4.69, 9.17) is 4.74 Å². The van der Waals surface area contributed by atoms with Crippen LogP contribution in [-0.2, 0) is 11.3 Å². The van der Waals surface area contributed by atoms with Gasteiger partial charge in [0.2, 0.25) is 0 Å². The number of piperazine rings is 1. The number of benzene rings is 2. The Hall–Kier alpha value is -2.37. The highest BCUT2D eigenvalue weighted by Gasteiger charge is 2.15. The van der Waals surface area contributed by atoms with Crippen molar-refractivity contribution >= 4 is 11.6 Å². The van der Waals surface area contributed by atoms with E-state index >= 15 is 0 Å². The minimum absolute atomic E-state index is 0.00591. The van der Waals surface area contributed by atoms with Crippen LogP contribution in [0.1, 0.15) is 23.6 Å². The van der Waals surface area contributed by atoms with E-state index < -0.39 is 0 Å². The molecule has 5 heteroatoms. The summed E-state index contributed by atoms with van der Waals surface area (Å²) >= 11 is 0. The van der Waals surface area contributed by atoms with Crippen molar-refractivity contribution in [3.8, 4) is 5.75 Å². The molecular weight excluding hydrogens is 350 g/mol. The van der Waals surface area contributed by atoms with E-state index in [1.165, 1.54) is 11.1 Å². The number of rotatable bonds is 7. The van der Waals surface area contributed by atoms with E-state index in [0.29, 0.717) is 0 Å². The molecule has 1 heterocycles. The molecule has 0 radical (unpaired) electrons. The zero-order valence-corrected chi connectivity index (χ0v) is 17.2. The lowest BCUT2D eigenvalue weighted by Gasteiger charge is -2.34. The molecule has 1 aliphatic rings. The van der Waals surface area contributed by atoms with Gasteiger partial charge in [0.1, 0.15) is 5.75 Å². The molecule has 150 valence electrons. The largest absolute Gasteiger partial charge is 0.484 e. The first-order chi connectivity index (χ1) is 13.5. The first kappa shape index (κ1) is 20.4. The maximum Gasteiger partial charge on any atom is 0.262 e. The zero-order valence-electron chi connectivity index (χ0n) is 17.2. The maximum atomic E-state index is 12.1. The van der Waals surface area contributed by atoms with Crippen molar-refractivity contribution < 1.29 is 9.53 Å². The van der Waals surface area contributed by atoms with Gasteiger partial charge in [0.15, 0.2) is 6.61 Å². The van der Waals surface area contributed by atoms with Crippen LogP contribution in [0.5, 0.6) is 5.75 Å². The van der Waals surface area contributed by atoms with Gasteiger partial charge in [0, 0.05) is 38.4 Å². The van der Waals surface area contributed by atoms with Crippen molar-refractivity contribution in [3.05, 3.63) is 59.2 Å². The molecule has 0 spiro atoms. The summed E-state index contributed by atoms with van der Waals surface area (Å²) in [5.74, 6) is 0.568. The molecule has 0 atom stereocenters. The summed E-state index contributed by atoms with van der Waals surface area (Å²) in [5.41, 5.74) is 4.44. The predicted molar refractivity (Wildman–Crippen MR) is 114 cm³/mol. The predicted octanol–water partition coefficient (Wildman–Crippen LogP) is 3.46. The van der Waals surface area contributed by atoms with Crippen LogP contribution in [0.15, 0.2) is 42.5 Å². The molecule has 0 aromatic heterocycles. The normalized spacial score (nSPS) is 15.4. The van der Waals surface area contributed by atoms with Gasteiger partial charge in [-0.1, -0.05) is 25.1 Å². The van der Waals surface area contributed by atoms with Crippen LogP contribution >= 0.6 is 0 Å². The number of aryl methyl sites for hydroxylation is 2. The summed E-state index contributed by atoms with van der Waals surface area (Å²) < 4.78 is 5.60. The molecule has 28 heavy (non-hydrogen) atoms. The second-order valence-corrected chi connectivity index (χ2v) is 7.49. The second-order valence-electron chi connectivity index (χ2n) is 7.49. The average molecular weight is 382 g/mol. The molecule has 1 aliphatic heterocycles. The van der Waals surface area contributed by atoms with Crippen LogP contribution < -0.4 is 10.1 Å². The Balaban J connectivity index is 1.44. The highest BCUT2D eigenvalue weighted by molar-refractivity contribution is 5.91. The number of hydrogen-bond acceptors (Lipinski definition) is 4. The number of amides is 1. The number of likely N-dealkylation sites (N-methyl/N-ethyl adjacent to an activating group) is 1. The van der Waals surface area contributed by atoms with E-state index in [1.54, 1.807) is 0 Å². The Labute approximate surface area is 168 Å². The van der Waals surface area contributed by atoms with Crippen LogP contribution in [0, 0.1) is 13.8 Å². The number of nitrogens with zero attached hydrogens (tertiary/aromatic N) is 2. The highest BCUT2D eigenvalue weighted by atomic mass is 16.5. The highest BCUT2D eigenvalue weighted by Crippen LogP contribution is 2.17. The van der Waals surface area contributed by atoms with Crippen LogP contribution in [0.4, 0.5) is 5.69 Å². The van der Waals surface area contributed by atoms with Crippen molar-refractivity contribution in [2.24, 2.45) is 0 Å². The Morgan fingerprint density at radius 3 is 2.29 bits per heavy atom. The zero-order chi connectivity index (χ0) is 19.9. The van der Waals surface area contributed by atoms with Crippen LogP contribution in [-0.4, -0.2) is 55.0 Å². The van der Waals surface area contributed by atoms with Gasteiger partial charge in [-0.05, 0) is 61.3 Å². The van der Waals surface area contributed by atoms with E-state index in [1.807, 2.05) is 37.3 Å². The van der Waals surface area contributed by atoms with Gasteiger partial charge in [-0.2, -0.15) is 0 Å². The number of hydrogen-bond donors (Lipinski definition) is 1. The lowest BCUT2D eigenvalue weighted by Crippen LogP contribution is -2.45. The van der Waals surface area contributed by atoms with E-state index in [0.717, 1.165) is 56.3 Å². The smallest absolute Gasteiger partial charge is 0.262 e. The van der Waals surface area contributed by atoms with E-state index in [9.17, 15) is 4.79 Å². The maximum absolute atomic E-state index is 12.1. The summed E-state index contributed by atoms with van der Waals surface area (Å²) in [6, 6.07) is 14.0. The Morgan fingerprint density at radius 1 is 0.964 bits per heavy atom. The summed E-state index contributed by atoms with van der Waals surface area (Å²) in [4.78, 5) is 17.1. The second kappa shape index (κ2) is 9.71. The Morgan fingerprint density at radius 2 is 1.64 bits per heavy atom. The van der Waals surface area contributed by atoms with Crippen molar-refractivity contribution in [3.63, 3.8) is 0 Å². The summed E-state index contributed by atoms with van der Waals surface area (Å²) in [6.07, 6.45) is 0. The number of ether oxygens (including phenoxy) is 1. The first-order valence-corrected chi connectivity index (χ1v) is 10.1. The fourth-order valence-electron chi connectivity index (χ4n) is 3.36. The van der Waals surface area contributed by atoms with E-state index in [2.05, 4.69) is 41.1 Å². The molecule has 1 fully saturated rings. The molecule has 5 nitrogen and oxygen atoms in total. The summed E-state index contributed by atoms with van der Waals surface area (Å²) in [5, 5.41) is 2.90. The molecule has 1 saturated heterocycles. The van der Waals surface area contributed by atoms with Gasteiger partial charge in [0.25, 0.3) is 5.91 Å². The van der Waals surface area contributed by atoms with Gasteiger partial charge >= 0.3 is 0 Å². The minimum Gasteiger partial charge on any atom is -0.484 e. The lowest BCUT2D eigenvalue weighted by molar-refractivity contribution is -0.118. The number of nitrogens with one attached hydrogen (secondary N) is 1. The van der Waals surface area contributed by atoms with Crippen molar-refractivity contribution in [2.75, 3.05) is 44.6 Å². The third kappa shape index (κ3) is 5.81. The van der Waals surface area contributed by atoms with E-state index in [-0.39, 0.29) is 12.5 Å². The third-order valence-corrected chi connectivity index (χ3v) is 5.40. The van der Waals surface area contributed by atoms with Gasteiger partial charge < -0.3 is 15.0 Å². The number of carbonyl (C=O) groups excluding carboxylic acids is 1. The average Bonchev–Trinajstić information content (AvgIpc) is 2.71. The first-order valence-electron chi connectivity index (χ1n) is 10.1. The van der Waals surface area contributed by atoms with Crippen molar-refractivity contribution in [1.29, 1.82) is 0 Å². The van der Waals surface area contributed by atoms with Gasteiger partial charge in [0.05, 0.1) is 0 Å². The number of anilines is 1. The van der Waals surface area contributed by atoms with Gasteiger partial charge in [-0.25, -0.2) is 0 Å². The monoisotopic (exact) mass is 381 g/mol. The third-order valence-electron chi connectivity index (χ3n) is 5.40. The summed E-state index contributed by atoms with van der Waals surface area (Å²) in [6.45, 7) is 12.9. The van der Waals surface area contributed by atoms with Crippen LogP contribution in [0.25, 0.3) is 0 Å². The van der Waals surface area contributed by atoms with Crippen LogP contribution in [0.3, 0.4) is 0 Å². The Bertz CT molecular complexity index is 781. The SMILES string of the molecule is CCN1CCN(Cc2ccc(NC(=O)COc3ccc(C)c(C)c3)cc2)CC1. The molecule has 2 aromatic carbocycles. The standard InChI is InChI=1S/C23H31N3O2/c1-4-25-11-13-26(14-12-25)16-20-6-8-21(9-7-20)24-23(27)17-28-22-10-5-18(2)19(3)15-22/h5-10,15H,4,11-14,16-17H2,1-3H3,(H,24,27). The van der Waals surface area contributed by atoms with Crippen molar-refractivity contribution in [2.45, 2.75) is 27.3 Å². The molecule has 2 aromatic rings. The Kier molecular flexibility index (Phi) is 7.06. The fraction of sp³-hybridized carbons (Fsp3) is 0.435. The topological polar surface area (TPSA) is 44.8 Å². The summed E-state index contributed by atoms with van der Waals surface area (Å²) in [7, 11) is 0. The molecule has 3 rings (SSSR count). The van der Waals surface area contributed by atoms with Gasteiger partial charge in [-0.3, -0.25) is 9.69 Å². The number of carbonyl (C=O) groups is 1. The molecule has 0 unspecified atom stereocenters. The molecule has 0 aliphatic carbocycles. The molecule has 0 bridgehead atoms. The lowest BCUT2D eigenvalue weighted by atomic mass is 10.1. The van der Waals surface area contributed by atoms with Gasteiger partial charge in [-0.15, -0.1) is 0 Å². The molecule has 0 saturated carbocycles. The van der Waals surface area contributed by atoms with Crippen LogP contribution in [0.2, 0.25) is 0 Å². The molecular formula is C23H31N3O2.